The molecule has 1 heterocycles. The van der Waals surface area contributed by atoms with Crippen molar-refractivity contribution in [3.8, 4) is 11.5 Å². The van der Waals surface area contributed by atoms with Gasteiger partial charge in [-0.2, -0.15) is 0 Å². The Labute approximate surface area is 118 Å². The second-order valence-electron chi connectivity index (χ2n) is 5.93. The zero-order valence-electron chi connectivity index (χ0n) is 12.4. The Hall–Kier alpha value is -1.91. The largest absolute Gasteiger partial charge is 0.493 e. The lowest BCUT2D eigenvalue weighted by Gasteiger charge is -2.28. The average Bonchev–Trinajstić information content (AvgIpc) is 3.20. The number of benzene rings is 1. The van der Waals surface area contributed by atoms with E-state index in [-0.39, 0.29) is 5.54 Å². The fourth-order valence-corrected chi connectivity index (χ4v) is 3.00. The highest BCUT2D eigenvalue weighted by Gasteiger charge is 2.41. The highest BCUT2D eigenvalue weighted by atomic mass is 16.5. The third-order valence-electron chi connectivity index (χ3n) is 4.34. The fourth-order valence-electron chi connectivity index (χ4n) is 3.00. The molecule has 0 amide bonds. The predicted molar refractivity (Wildman–Crippen MR) is 79.3 cm³/mol. The Morgan fingerprint density at radius 1 is 1.20 bits per heavy atom. The lowest BCUT2D eigenvalue weighted by atomic mass is 9.98. The first-order valence-electron chi connectivity index (χ1n) is 6.89. The van der Waals surface area contributed by atoms with Gasteiger partial charge in [0, 0.05) is 17.7 Å². The summed E-state index contributed by atoms with van der Waals surface area (Å²) >= 11 is 0. The van der Waals surface area contributed by atoms with Crippen LogP contribution in [0.4, 0.5) is 5.95 Å². The van der Waals surface area contributed by atoms with Crippen molar-refractivity contribution in [2.24, 2.45) is 5.92 Å². The van der Waals surface area contributed by atoms with Gasteiger partial charge in [-0.15, -0.1) is 0 Å². The third kappa shape index (κ3) is 1.80. The molecule has 1 aliphatic carbocycles. The molecule has 20 heavy (non-hydrogen) atoms. The van der Waals surface area contributed by atoms with E-state index < -0.39 is 0 Å². The predicted octanol–water partition coefficient (Wildman–Crippen LogP) is 2.78. The van der Waals surface area contributed by atoms with E-state index in [9.17, 15) is 0 Å². The van der Waals surface area contributed by atoms with Crippen LogP contribution in [0.2, 0.25) is 0 Å². The Bertz CT molecular complexity index is 657. The number of nitrogens with two attached hydrogens (primary N) is 1. The maximum absolute atomic E-state index is 6.16. The van der Waals surface area contributed by atoms with Crippen molar-refractivity contribution in [3.63, 3.8) is 0 Å². The smallest absolute Gasteiger partial charge is 0.201 e. The van der Waals surface area contributed by atoms with Crippen molar-refractivity contribution < 1.29 is 9.47 Å². The molecule has 1 saturated carbocycles. The number of rotatable bonds is 4. The van der Waals surface area contributed by atoms with Crippen molar-refractivity contribution in [2.45, 2.75) is 32.2 Å². The van der Waals surface area contributed by atoms with Crippen molar-refractivity contribution in [3.05, 3.63) is 12.1 Å². The maximum Gasteiger partial charge on any atom is 0.201 e. The van der Waals surface area contributed by atoms with E-state index in [1.807, 2.05) is 12.1 Å². The summed E-state index contributed by atoms with van der Waals surface area (Å²) in [6, 6.07) is 3.84. The molecule has 1 fully saturated rings. The minimum atomic E-state index is -0.0293. The summed E-state index contributed by atoms with van der Waals surface area (Å²) in [6.45, 7) is 4.44. The van der Waals surface area contributed by atoms with Crippen LogP contribution in [0.5, 0.6) is 11.5 Å². The van der Waals surface area contributed by atoms with Crippen LogP contribution in [-0.2, 0) is 5.54 Å². The van der Waals surface area contributed by atoms with Gasteiger partial charge in [-0.25, -0.2) is 4.98 Å². The molecular formula is C15H21N3O2. The van der Waals surface area contributed by atoms with Crippen LogP contribution in [0.1, 0.15) is 26.7 Å². The molecule has 3 rings (SSSR count). The molecule has 0 radical (unpaired) electrons. The number of anilines is 1. The average molecular weight is 275 g/mol. The Kier molecular flexibility index (Phi) is 2.81. The molecule has 108 valence electrons. The van der Waals surface area contributed by atoms with Gasteiger partial charge in [0.15, 0.2) is 11.5 Å². The molecule has 1 aromatic carbocycles. The van der Waals surface area contributed by atoms with Crippen LogP contribution in [0, 0.1) is 5.92 Å². The van der Waals surface area contributed by atoms with Crippen LogP contribution in [0.15, 0.2) is 12.1 Å². The van der Waals surface area contributed by atoms with Gasteiger partial charge < -0.3 is 19.8 Å². The van der Waals surface area contributed by atoms with Crippen LogP contribution >= 0.6 is 0 Å². The minimum Gasteiger partial charge on any atom is -0.493 e. The lowest BCUT2D eigenvalue weighted by molar-refractivity contribution is 0.317. The monoisotopic (exact) mass is 275 g/mol. The molecule has 0 saturated heterocycles. The summed E-state index contributed by atoms with van der Waals surface area (Å²) in [7, 11) is 3.26. The first kappa shape index (κ1) is 13.1. The first-order valence-corrected chi connectivity index (χ1v) is 6.89. The molecule has 0 aliphatic heterocycles. The number of hydrogen-bond donors (Lipinski definition) is 1. The third-order valence-corrected chi connectivity index (χ3v) is 4.34. The molecule has 2 aromatic rings. The van der Waals surface area contributed by atoms with Gasteiger partial charge >= 0.3 is 0 Å². The molecule has 2 N–H and O–H groups in total. The molecular weight excluding hydrogens is 254 g/mol. The Balaban J connectivity index is 2.24. The number of nitrogens with zero attached hydrogens (tertiary/aromatic N) is 2. The zero-order valence-corrected chi connectivity index (χ0v) is 12.4. The molecule has 1 aliphatic rings. The number of hydrogen-bond acceptors (Lipinski definition) is 4. The number of methoxy groups -OCH3 is 2. The van der Waals surface area contributed by atoms with Crippen molar-refractivity contribution >= 4 is 17.0 Å². The van der Waals surface area contributed by atoms with E-state index in [1.165, 1.54) is 12.8 Å². The van der Waals surface area contributed by atoms with Gasteiger partial charge in [-0.05, 0) is 32.6 Å². The van der Waals surface area contributed by atoms with E-state index in [4.69, 9.17) is 15.2 Å². The quantitative estimate of drug-likeness (QED) is 0.932. The summed E-state index contributed by atoms with van der Waals surface area (Å²) in [5.41, 5.74) is 7.97. The van der Waals surface area contributed by atoms with E-state index in [0.29, 0.717) is 23.4 Å². The van der Waals surface area contributed by atoms with Crippen LogP contribution in [-0.4, -0.2) is 23.8 Å². The van der Waals surface area contributed by atoms with Gasteiger partial charge in [0.05, 0.1) is 25.3 Å². The van der Waals surface area contributed by atoms with Crippen molar-refractivity contribution in [1.29, 1.82) is 0 Å². The first-order chi connectivity index (χ1) is 9.48. The summed E-state index contributed by atoms with van der Waals surface area (Å²) in [5, 5.41) is 0. The fraction of sp³-hybridized carbons (Fsp3) is 0.533. The van der Waals surface area contributed by atoms with Crippen LogP contribution in [0.3, 0.4) is 0 Å². The second kappa shape index (κ2) is 4.30. The second-order valence-corrected chi connectivity index (χ2v) is 5.93. The molecule has 0 atom stereocenters. The molecule has 5 heteroatoms. The van der Waals surface area contributed by atoms with Gasteiger partial charge in [-0.3, -0.25) is 0 Å². The molecule has 1 aromatic heterocycles. The van der Waals surface area contributed by atoms with Gasteiger partial charge in [0.2, 0.25) is 5.95 Å². The molecule has 0 spiro atoms. The van der Waals surface area contributed by atoms with E-state index in [0.717, 1.165) is 11.0 Å². The lowest BCUT2D eigenvalue weighted by Crippen LogP contribution is -2.29. The van der Waals surface area contributed by atoms with Gasteiger partial charge in [-0.1, -0.05) is 0 Å². The number of ether oxygens (including phenoxy) is 2. The molecule has 0 bridgehead atoms. The highest BCUT2D eigenvalue weighted by molar-refractivity contribution is 5.83. The van der Waals surface area contributed by atoms with Gasteiger partial charge in [0.25, 0.3) is 0 Å². The summed E-state index contributed by atoms with van der Waals surface area (Å²) in [5.74, 6) is 2.59. The van der Waals surface area contributed by atoms with E-state index >= 15 is 0 Å². The van der Waals surface area contributed by atoms with Gasteiger partial charge in [0.1, 0.15) is 0 Å². The minimum absolute atomic E-state index is 0.0293. The topological polar surface area (TPSA) is 62.3 Å². The summed E-state index contributed by atoms with van der Waals surface area (Å²) in [6.07, 6.45) is 2.50. The van der Waals surface area contributed by atoms with Crippen LogP contribution in [0.25, 0.3) is 11.0 Å². The molecule has 5 nitrogen and oxygen atoms in total. The normalized spacial score (nSPS) is 15.6. The van der Waals surface area contributed by atoms with Crippen molar-refractivity contribution in [2.75, 3.05) is 20.0 Å². The highest BCUT2D eigenvalue weighted by Crippen LogP contribution is 2.46. The standard InChI is InChI=1S/C15H21N3O2/c1-15(2,9-5-6-9)18-11-8-13(20-4)12(19-3)7-10(11)17-14(18)16/h7-9H,5-6H2,1-4H3,(H2,16,17). The van der Waals surface area contributed by atoms with Crippen LogP contribution < -0.4 is 15.2 Å². The number of imidazole rings is 1. The number of nitrogen functional groups attached to an aromatic ring is 1. The van der Waals surface area contributed by atoms with E-state index in [2.05, 4.69) is 23.4 Å². The SMILES string of the molecule is COc1cc2nc(N)n(C(C)(C)C3CC3)c2cc1OC. The Morgan fingerprint density at radius 3 is 2.35 bits per heavy atom. The maximum atomic E-state index is 6.16. The van der Waals surface area contributed by atoms with E-state index in [1.54, 1.807) is 14.2 Å². The summed E-state index contributed by atoms with van der Waals surface area (Å²) in [4.78, 5) is 4.48. The zero-order chi connectivity index (χ0) is 14.5. The number of aromatic nitrogens is 2. The van der Waals surface area contributed by atoms with Crippen molar-refractivity contribution in [1.82, 2.24) is 9.55 Å². The number of fused-ring (bicyclic) bond motifs is 1. The molecule has 0 unspecified atom stereocenters. The Morgan fingerprint density at radius 2 is 1.80 bits per heavy atom. The summed E-state index contributed by atoms with van der Waals surface area (Å²) < 4.78 is 12.8.